The monoisotopic (exact) mass is 626 g/mol. The average molecular weight is 627 g/mol. The van der Waals surface area contributed by atoms with Crippen molar-refractivity contribution in [2.45, 2.75) is 37.5 Å². The second-order valence-electron chi connectivity index (χ2n) is 9.33. The number of carbonyl (C=O) groups is 1. The molecule has 216 valence electrons. The lowest BCUT2D eigenvalue weighted by molar-refractivity contribution is 0.102. The van der Waals surface area contributed by atoms with Crippen LogP contribution in [0.5, 0.6) is 0 Å². The van der Waals surface area contributed by atoms with Crippen LogP contribution in [-0.4, -0.2) is 58.4 Å². The number of aromatic nitrogens is 1. The zero-order valence-corrected chi connectivity index (χ0v) is 26.1. The van der Waals surface area contributed by atoms with Gasteiger partial charge in [-0.05, 0) is 57.2 Å². The van der Waals surface area contributed by atoms with Crippen molar-refractivity contribution in [3.8, 4) is 0 Å². The van der Waals surface area contributed by atoms with E-state index < -0.39 is 31.3 Å². The highest BCUT2D eigenvalue weighted by molar-refractivity contribution is 7.92. The Morgan fingerprint density at radius 3 is 2.30 bits per heavy atom. The van der Waals surface area contributed by atoms with E-state index in [1.807, 2.05) is 0 Å². The number of anilines is 2. The van der Waals surface area contributed by atoms with Crippen molar-refractivity contribution in [1.29, 1.82) is 0 Å². The topological polar surface area (TPSA) is 139 Å². The summed E-state index contributed by atoms with van der Waals surface area (Å²) in [4.78, 5) is 15.5. The standard InChI is InChI=1S/C26H31ClN4O6S3/c1-16-13-17(2)23(20(14-16)39(33,34)12-8-10-31(5)6)29-25(32)24-21(15-18(3)38-24)40(35,36)11-7-9-28-26-22(27)19(4)30-37-26/h7-10,13-15,28H,11-12H2,1-6H3,(H,29,32). The van der Waals surface area contributed by atoms with Crippen LogP contribution in [0.15, 0.2) is 57.1 Å². The summed E-state index contributed by atoms with van der Waals surface area (Å²) in [5.74, 6) is -1.22. The number of rotatable bonds is 11. The molecule has 1 amide bonds. The highest BCUT2D eigenvalue weighted by atomic mass is 35.5. The van der Waals surface area contributed by atoms with Gasteiger partial charge in [-0.1, -0.05) is 35.0 Å². The van der Waals surface area contributed by atoms with E-state index in [4.69, 9.17) is 16.1 Å². The molecule has 3 aromatic rings. The van der Waals surface area contributed by atoms with Crippen LogP contribution in [0.25, 0.3) is 0 Å². The van der Waals surface area contributed by atoms with Crippen molar-refractivity contribution in [3.05, 3.63) is 74.3 Å². The minimum Gasteiger partial charge on any atom is -0.384 e. The molecule has 1 aromatic carbocycles. The van der Waals surface area contributed by atoms with Gasteiger partial charge in [0, 0.05) is 25.2 Å². The van der Waals surface area contributed by atoms with E-state index in [0.717, 1.165) is 11.3 Å². The van der Waals surface area contributed by atoms with E-state index in [0.29, 0.717) is 21.7 Å². The molecule has 14 heteroatoms. The van der Waals surface area contributed by atoms with Crippen LogP contribution in [0.3, 0.4) is 0 Å². The van der Waals surface area contributed by atoms with Crippen molar-refractivity contribution < 1.29 is 26.2 Å². The van der Waals surface area contributed by atoms with Gasteiger partial charge in [-0.2, -0.15) is 0 Å². The fraction of sp³-hybridized carbons (Fsp3) is 0.308. The number of sulfone groups is 2. The minimum atomic E-state index is -3.93. The molecule has 2 aromatic heterocycles. The van der Waals surface area contributed by atoms with Crippen LogP contribution >= 0.6 is 22.9 Å². The Balaban J connectivity index is 1.88. The Morgan fingerprint density at radius 1 is 1.02 bits per heavy atom. The number of carbonyl (C=O) groups excluding carboxylic acids is 1. The molecule has 10 nitrogen and oxygen atoms in total. The van der Waals surface area contributed by atoms with E-state index in [2.05, 4.69) is 15.8 Å². The number of halogens is 1. The zero-order valence-electron chi connectivity index (χ0n) is 22.9. The van der Waals surface area contributed by atoms with Crippen LogP contribution in [0.4, 0.5) is 11.6 Å². The van der Waals surface area contributed by atoms with E-state index in [1.165, 1.54) is 30.5 Å². The van der Waals surface area contributed by atoms with Gasteiger partial charge in [0.25, 0.3) is 5.91 Å². The lowest BCUT2D eigenvalue weighted by atomic mass is 10.1. The molecule has 0 saturated heterocycles. The molecule has 0 spiro atoms. The number of nitrogens with one attached hydrogen (secondary N) is 2. The summed E-state index contributed by atoms with van der Waals surface area (Å²) < 4.78 is 57.8. The second-order valence-corrected chi connectivity index (χ2v) is 15.0. The highest BCUT2D eigenvalue weighted by Gasteiger charge is 2.27. The number of thiophene rings is 1. The Kier molecular flexibility index (Phi) is 9.88. The van der Waals surface area contributed by atoms with Crippen LogP contribution in [-0.2, 0) is 19.7 Å². The fourth-order valence-corrected chi connectivity index (χ4v) is 7.88. The van der Waals surface area contributed by atoms with Gasteiger partial charge in [-0.25, -0.2) is 16.8 Å². The number of hydrogen-bond acceptors (Lipinski definition) is 10. The molecule has 3 rings (SSSR count). The summed E-state index contributed by atoms with van der Waals surface area (Å²) in [5, 5.41) is 9.40. The first-order valence-electron chi connectivity index (χ1n) is 12.0. The van der Waals surface area contributed by atoms with E-state index in [9.17, 15) is 21.6 Å². The van der Waals surface area contributed by atoms with E-state index in [-0.39, 0.29) is 37.0 Å². The van der Waals surface area contributed by atoms with Crippen molar-refractivity contribution in [3.63, 3.8) is 0 Å². The summed E-state index contributed by atoms with van der Waals surface area (Å²) in [7, 11) is -4.19. The predicted molar refractivity (Wildman–Crippen MR) is 159 cm³/mol. The molecule has 40 heavy (non-hydrogen) atoms. The molecule has 0 aliphatic carbocycles. The van der Waals surface area contributed by atoms with Crippen molar-refractivity contribution in [1.82, 2.24) is 10.1 Å². The molecular weight excluding hydrogens is 596 g/mol. The maximum atomic E-state index is 13.4. The third-order valence-electron chi connectivity index (χ3n) is 5.54. The van der Waals surface area contributed by atoms with Gasteiger partial charge in [0.1, 0.15) is 15.6 Å². The normalized spacial score (nSPS) is 12.4. The highest BCUT2D eigenvalue weighted by Crippen LogP contribution is 2.32. The molecule has 0 aliphatic heterocycles. The largest absolute Gasteiger partial charge is 0.384 e. The molecule has 0 saturated carbocycles. The molecule has 0 atom stereocenters. The maximum absolute atomic E-state index is 13.4. The lowest BCUT2D eigenvalue weighted by Crippen LogP contribution is -2.19. The summed E-state index contributed by atoms with van der Waals surface area (Å²) in [6, 6.07) is 4.68. The predicted octanol–water partition coefficient (Wildman–Crippen LogP) is 5.12. The number of benzene rings is 1. The lowest BCUT2D eigenvalue weighted by Gasteiger charge is -2.15. The van der Waals surface area contributed by atoms with Crippen LogP contribution in [0.1, 0.15) is 31.4 Å². The SMILES string of the molecule is Cc1cc(C)c(NC(=O)c2sc(C)cc2S(=O)(=O)CC=CNc2onc(C)c2Cl)c(S(=O)(=O)CC=CN(C)C)c1. The molecular formula is C26H31ClN4O6S3. The Morgan fingerprint density at radius 2 is 1.68 bits per heavy atom. The molecule has 0 radical (unpaired) electrons. The van der Waals surface area contributed by atoms with Gasteiger partial charge in [0.2, 0.25) is 5.88 Å². The Labute approximate surface area is 243 Å². The molecule has 0 bridgehead atoms. The van der Waals surface area contributed by atoms with Crippen LogP contribution in [0.2, 0.25) is 5.02 Å². The van der Waals surface area contributed by atoms with Crippen molar-refractivity contribution in [2.24, 2.45) is 0 Å². The second kappa shape index (κ2) is 12.6. The average Bonchev–Trinajstić information content (AvgIpc) is 3.40. The number of nitrogens with zero attached hydrogens (tertiary/aromatic N) is 2. The van der Waals surface area contributed by atoms with Crippen LogP contribution < -0.4 is 10.6 Å². The Hall–Kier alpha value is -3.13. The third kappa shape index (κ3) is 7.53. The first kappa shape index (κ1) is 31.4. The number of hydrogen-bond donors (Lipinski definition) is 2. The van der Waals surface area contributed by atoms with Gasteiger partial charge < -0.3 is 20.1 Å². The van der Waals surface area contributed by atoms with E-state index >= 15 is 0 Å². The van der Waals surface area contributed by atoms with Gasteiger partial charge in [-0.3, -0.25) is 4.79 Å². The fourth-order valence-electron chi connectivity index (χ4n) is 3.70. The summed E-state index contributed by atoms with van der Waals surface area (Å²) in [6.45, 7) is 6.81. The smallest absolute Gasteiger partial charge is 0.267 e. The van der Waals surface area contributed by atoms with Gasteiger partial charge in [0.05, 0.1) is 27.0 Å². The summed E-state index contributed by atoms with van der Waals surface area (Å²) >= 11 is 7.05. The molecule has 2 N–H and O–H groups in total. The first-order chi connectivity index (χ1) is 18.6. The van der Waals surface area contributed by atoms with Crippen LogP contribution in [0, 0.1) is 27.7 Å². The zero-order chi connectivity index (χ0) is 29.8. The summed E-state index contributed by atoms with van der Waals surface area (Å²) in [5.41, 5.74) is 1.85. The quantitative estimate of drug-likeness (QED) is 0.297. The van der Waals surface area contributed by atoms with Gasteiger partial charge in [-0.15, -0.1) is 11.3 Å². The molecule has 2 heterocycles. The van der Waals surface area contributed by atoms with Crippen molar-refractivity contribution in [2.75, 3.05) is 36.2 Å². The Bertz CT molecular complexity index is 1690. The molecule has 0 aliphatic rings. The van der Waals surface area contributed by atoms with E-state index in [1.54, 1.807) is 59.0 Å². The summed E-state index contributed by atoms with van der Waals surface area (Å²) in [6.07, 6.45) is 5.87. The number of aryl methyl sites for hydroxylation is 4. The third-order valence-corrected chi connectivity index (χ3v) is 10.4. The van der Waals surface area contributed by atoms with Gasteiger partial charge in [0.15, 0.2) is 19.7 Å². The maximum Gasteiger partial charge on any atom is 0.267 e. The first-order valence-corrected chi connectivity index (χ1v) is 16.5. The molecule has 0 fully saturated rings. The minimum absolute atomic E-state index is 0.0326. The van der Waals surface area contributed by atoms with Gasteiger partial charge >= 0.3 is 0 Å². The molecule has 0 unspecified atom stereocenters. The van der Waals surface area contributed by atoms with Crippen molar-refractivity contribution >= 4 is 60.1 Å². The number of amides is 1.